The fourth-order valence-electron chi connectivity index (χ4n) is 10.2. The van der Waals surface area contributed by atoms with Crippen LogP contribution in [0.15, 0.2) is 0 Å². The van der Waals surface area contributed by atoms with Crippen LogP contribution in [0.4, 0.5) is 0 Å². The average Bonchev–Trinajstić information content (AvgIpc) is 3.20. The van der Waals surface area contributed by atoms with Gasteiger partial charge in [-0.3, -0.25) is 10.2 Å². The molecule has 2 N–H and O–H groups in total. The van der Waals surface area contributed by atoms with Crippen LogP contribution in [0.25, 0.3) is 0 Å². The number of amidine groups is 1. The van der Waals surface area contributed by atoms with Crippen molar-refractivity contribution in [3.8, 4) is 0 Å². The third-order valence-electron chi connectivity index (χ3n) is 12.3. The van der Waals surface area contributed by atoms with E-state index in [0.717, 1.165) is 75.0 Å². The summed E-state index contributed by atoms with van der Waals surface area (Å²) in [7, 11) is 0. The van der Waals surface area contributed by atoms with Crippen LogP contribution in [0.3, 0.4) is 0 Å². The normalized spacial score (nSPS) is 44.3. The first-order valence-corrected chi connectivity index (χ1v) is 14.9. The highest BCUT2D eigenvalue weighted by molar-refractivity contribution is 5.78. The Hall–Kier alpha value is -1.10. The lowest BCUT2D eigenvalue weighted by atomic mass is 9.44. The molecule has 0 aromatic carbocycles. The van der Waals surface area contributed by atoms with E-state index in [-0.39, 0.29) is 6.10 Å². The molecule has 5 nitrogen and oxygen atoms in total. The standard InChI is InChI=1S/C30H51N3O2/c1-20(5-10-28(35)33-17-15-32(16-18-33)21(2)31)25-8-9-26-24-7-6-22-19-23(34)11-13-29(22,3)27(24)12-14-30(25,26)4/h20,22-27,31,34H,5-19H2,1-4H3/t20-,22?,23+,24+,25-,26+,27+,29+,30-/m1/s1. The number of carbonyl (C=O) groups excluding carboxylic acids is 1. The number of carbonyl (C=O) groups is 1. The van der Waals surface area contributed by atoms with Crippen LogP contribution in [-0.4, -0.2) is 58.9 Å². The molecule has 1 aliphatic heterocycles. The summed E-state index contributed by atoms with van der Waals surface area (Å²) < 4.78 is 0. The molecule has 1 saturated heterocycles. The van der Waals surface area contributed by atoms with E-state index in [2.05, 4.69) is 25.7 Å². The minimum absolute atomic E-state index is 0.0538. The van der Waals surface area contributed by atoms with Crippen molar-refractivity contribution in [1.29, 1.82) is 5.41 Å². The van der Waals surface area contributed by atoms with Gasteiger partial charge in [-0.2, -0.15) is 0 Å². The molecule has 9 atom stereocenters. The van der Waals surface area contributed by atoms with Gasteiger partial charge in [0.05, 0.1) is 11.9 Å². The van der Waals surface area contributed by atoms with E-state index in [1.807, 2.05) is 11.8 Å². The first kappa shape index (κ1) is 25.5. The van der Waals surface area contributed by atoms with E-state index in [0.29, 0.717) is 34.9 Å². The molecule has 5 heteroatoms. The average molecular weight is 486 g/mol. The summed E-state index contributed by atoms with van der Waals surface area (Å²) in [4.78, 5) is 17.1. The molecular formula is C30H51N3O2. The Labute approximate surface area is 213 Å². The summed E-state index contributed by atoms with van der Waals surface area (Å²) >= 11 is 0. The van der Waals surface area contributed by atoms with Gasteiger partial charge in [-0.15, -0.1) is 0 Å². The summed E-state index contributed by atoms with van der Waals surface area (Å²) in [5.41, 5.74) is 0.911. The maximum Gasteiger partial charge on any atom is 0.222 e. The Morgan fingerprint density at radius 2 is 1.60 bits per heavy atom. The lowest BCUT2D eigenvalue weighted by molar-refractivity contribution is -0.134. The Morgan fingerprint density at radius 1 is 0.943 bits per heavy atom. The molecule has 0 bridgehead atoms. The van der Waals surface area contributed by atoms with E-state index >= 15 is 0 Å². The van der Waals surface area contributed by atoms with Crippen LogP contribution in [-0.2, 0) is 4.79 Å². The highest BCUT2D eigenvalue weighted by Crippen LogP contribution is 2.68. The van der Waals surface area contributed by atoms with Crippen LogP contribution < -0.4 is 0 Å². The molecule has 4 saturated carbocycles. The number of hydrogen-bond acceptors (Lipinski definition) is 3. The Morgan fingerprint density at radius 3 is 2.31 bits per heavy atom. The maximum absolute atomic E-state index is 13.0. The van der Waals surface area contributed by atoms with Gasteiger partial charge >= 0.3 is 0 Å². The number of nitrogens with one attached hydrogen (secondary N) is 1. The molecule has 1 heterocycles. The van der Waals surface area contributed by atoms with Crippen molar-refractivity contribution < 1.29 is 9.90 Å². The second-order valence-electron chi connectivity index (χ2n) is 13.8. The van der Waals surface area contributed by atoms with E-state index in [1.54, 1.807) is 0 Å². The van der Waals surface area contributed by atoms with Crippen LogP contribution >= 0.6 is 0 Å². The number of amides is 1. The fourth-order valence-corrected chi connectivity index (χ4v) is 10.2. The van der Waals surface area contributed by atoms with Crippen molar-refractivity contribution in [3.63, 3.8) is 0 Å². The third kappa shape index (κ3) is 4.46. The van der Waals surface area contributed by atoms with Gasteiger partial charge in [0.1, 0.15) is 0 Å². The van der Waals surface area contributed by atoms with Gasteiger partial charge in [-0.25, -0.2) is 0 Å². The highest BCUT2D eigenvalue weighted by atomic mass is 16.3. The van der Waals surface area contributed by atoms with Gasteiger partial charge in [0, 0.05) is 32.6 Å². The van der Waals surface area contributed by atoms with Gasteiger partial charge < -0.3 is 14.9 Å². The zero-order valence-electron chi connectivity index (χ0n) is 22.9. The summed E-state index contributed by atoms with van der Waals surface area (Å²) in [5, 5.41) is 18.1. The molecule has 5 fully saturated rings. The summed E-state index contributed by atoms with van der Waals surface area (Å²) in [6.45, 7) is 12.6. The number of aliphatic hydroxyl groups is 1. The quantitative estimate of drug-likeness (QED) is 0.404. The number of hydrogen-bond donors (Lipinski definition) is 2. The number of nitrogens with zero attached hydrogens (tertiary/aromatic N) is 2. The third-order valence-corrected chi connectivity index (χ3v) is 12.3. The second-order valence-corrected chi connectivity index (χ2v) is 13.8. The predicted molar refractivity (Wildman–Crippen MR) is 141 cm³/mol. The Kier molecular flexibility index (Phi) is 7.04. The molecule has 0 aromatic heterocycles. The van der Waals surface area contributed by atoms with Crippen molar-refractivity contribution in [1.82, 2.24) is 9.80 Å². The first-order valence-electron chi connectivity index (χ1n) is 14.9. The molecule has 4 aliphatic carbocycles. The molecule has 1 unspecified atom stereocenters. The van der Waals surface area contributed by atoms with Gasteiger partial charge in [0.2, 0.25) is 5.91 Å². The molecule has 35 heavy (non-hydrogen) atoms. The molecule has 1 amide bonds. The zero-order valence-corrected chi connectivity index (χ0v) is 22.9. The van der Waals surface area contributed by atoms with E-state index < -0.39 is 0 Å². The smallest absolute Gasteiger partial charge is 0.222 e. The molecule has 0 radical (unpaired) electrons. The maximum atomic E-state index is 13.0. The van der Waals surface area contributed by atoms with E-state index in [1.165, 1.54) is 44.9 Å². The van der Waals surface area contributed by atoms with Crippen molar-refractivity contribution in [3.05, 3.63) is 0 Å². The number of rotatable bonds is 4. The van der Waals surface area contributed by atoms with E-state index in [9.17, 15) is 9.90 Å². The largest absolute Gasteiger partial charge is 0.393 e. The molecule has 0 spiro atoms. The number of piperazine rings is 1. The fraction of sp³-hybridized carbons (Fsp3) is 0.933. The Balaban J connectivity index is 1.18. The van der Waals surface area contributed by atoms with Crippen LogP contribution in [0.5, 0.6) is 0 Å². The Bertz CT molecular complexity index is 807. The van der Waals surface area contributed by atoms with Gasteiger partial charge in [-0.05, 0) is 117 Å². The number of fused-ring (bicyclic) bond motifs is 5. The van der Waals surface area contributed by atoms with Crippen LogP contribution in [0.1, 0.15) is 98.3 Å². The van der Waals surface area contributed by atoms with Crippen molar-refractivity contribution in [2.24, 2.45) is 46.3 Å². The summed E-state index contributed by atoms with van der Waals surface area (Å²) in [5.74, 6) is 5.68. The lowest BCUT2D eigenvalue weighted by Gasteiger charge is -2.61. The summed E-state index contributed by atoms with van der Waals surface area (Å²) in [6, 6.07) is 0. The molecular weight excluding hydrogens is 434 g/mol. The van der Waals surface area contributed by atoms with Gasteiger partial charge in [0.25, 0.3) is 0 Å². The van der Waals surface area contributed by atoms with Gasteiger partial charge in [-0.1, -0.05) is 20.8 Å². The minimum atomic E-state index is -0.0538. The van der Waals surface area contributed by atoms with Crippen LogP contribution in [0, 0.1) is 51.7 Å². The minimum Gasteiger partial charge on any atom is -0.393 e. The molecule has 5 aliphatic rings. The van der Waals surface area contributed by atoms with Crippen LogP contribution in [0.2, 0.25) is 0 Å². The monoisotopic (exact) mass is 485 g/mol. The topological polar surface area (TPSA) is 67.6 Å². The van der Waals surface area contributed by atoms with Crippen molar-refractivity contribution in [2.45, 2.75) is 104 Å². The molecule has 5 rings (SSSR count). The lowest BCUT2D eigenvalue weighted by Crippen LogP contribution is -2.54. The first-order chi connectivity index (χ1) is 16.6. The SMILES string of the molecule is CC(=N)N1CCN(C(=O)CC[C@@H](C)[C@H]2CC[C@H]3[C@@H]4CCC5C[C@@H](O)CC[C@]5(C)[C@H]4CC[C@]23C)CC1. The van der Waals surface area contributed by atoms with Gasteiger partial charge in [0.15, 0.2) is 0 Å². The highest BCUT2D eigenvalue weighted by Gasteiger charge is 2.60. The predicted octanol–water partition coefficient (Wildman–Crippen LogP) is 5.56. The number of aliphatic hydroxyl groups excluding tert-OH is 1. The molecule has 0 aromatic rings. The second kappa shape index (κ2) is 9.65. The van der Waals surface area contributed by atoms with E-state index in [4.69, 9.17) is 5.41 Å². The zero-order chi connectivity index (χ0) is 25.0. The van der Waals surface area contributed by atoms with Crippen molar-refractivity contribution >= 4 is 11.7 Å². The van der Waals surface area contributed by atoms with Crippen molar-refractivity contribution in [2.75, 3.05) is 26.2 Å². The molecule has 198 valence electrons. The summed E-state index contributed by atoms with van der Waals surface area (Å²) in [6.07, 6.45) is 13.2.